The molecule has 0 aromatic heterocycles. The van der Waals surface area contributed by atoms with E-state index in [9.17, 15) is 18.8 Å². The summed E-state index contributed by atoms with van der Waals surface area (Å²) in [7, 11) is 0. The van der Waals surface area contributed by atoms with Crippen molar-refractivity contribution in [3.63, 3.8) is 0 Å². The van der Waals surface area contributed by atoms with Crippen LogP contribution in [0, 0.1) is 19.7 Å². The number of rotatable bonds is 9. The van der Waals surface area contributed by atoms with Gasteiger partial charge in [0.1, 0.15) is 11.5 Å². The normalized spacial score (nSPS) is 11.9. The molecule has 0 bridgehead atoms. The van der Waals surface area contributed by atoms with Crippen LogP contribution in [0.1, 0.15) is 34.0 Å². The Kier molecular flexibility index (Phi) is 10.2. The molecule has 4 aromatic carbocycles. The van der Waals surface area contributed by atoms with Crippen LogP contribution >= 0.6 is 23.4 Å². The van der Waals surface area contributed by atoms with Gasteiger partial charge in [-0.3, -0.25) is 14.4 Å². The van der Waals surface area contributed by atoms with Crippen molar-refractivity contribution in [2.24, 2.45) is 0 Å². The third-order valence-electron chi connectivity index (χ3n) is 6.45. The van der Waals surface area contributed by atoms with E-state index < -0.39 is 22.9 Å². The Morgan fingerprint density at radius 3 is 2.33 bits per heavy atom. The largest absolute Gasteiger partial charge is 0.325 e. The summed E-state index contributed by atoms with van der Waals surface area (Å²) in [5.74, 6) is -2.02. The molecule has 3 N–H and O–H groups in total. The van der Waals surface area contributed by atoms with Gasteiger partial charge in [-0.1, -0.05) is 54.1 Å². The molecule has 6 nitrogen and oxygen atoms in total. The zero-order chi connectivity index (χ0) is 30.2. The van der Waals surface area contributed by atoms with Gasteiger partial charge in [-0.15, -0.1) is 11.8 Å². The monoisotopic (exact) mass is 601 g/mol. The number of carbonyl (C=O) groups excluding carboxylic acids is 3. The van der Waals surface area contributed by atoms with Gasteiger partial charge in [0.25, 0.3) is 11.8 Å². The SMILES string of the molecule is Cc1cccc(NC(=O)C(C)Sc2cccc(NC(=O)/C(=C\c3c(F)cccc3Cl)NC(=O)c3ccccc3)c2)c1C. The van der Waals surface area contributed by atoms with Crippen molar-refractivity contribution in [2.45, 2.75) is 30.9 Å². The number of anilines is 2. The lowest BCUT2D eigenvalue weighted by molar-refractivity contribution is -0.115. The number of benzene rings is 4. The highest BCUT2D eigenvalue weighted by Gasteiger charge is 2.19. The molecule has 0 saturated carbocycles. The van der Waals surface area contributed by atoms with E-state index in [2.05, 4.69) is 16.0 Å². The number of hydrogen-bond donors (Lipinski definition) is 3. The first-order valence-corrected chi connectivity index (χ1v) is 14.4. The van der Waals surface area contributed by atoms with E-state index in [1.807, 2.05) is 38.1 Å². The molecular formula is C33H29ClFN3O3S. The minimum Gasteiger partial charge on any atom is -0.325 e. The molecule has 0 aliphatic rings. The molecule has 1 unspecified atom stereocenters. The zero-order valence-electron chi connectivity index (χ0n) is 23.2. The maximum absolute atomic E-state index is 14.6. The van der Waals surface area contributed by atoms with E-state index in [-0.39, 0.29) is 22.2 Å². The molecule has 214 valence electrons. The highest BCUT2D eigenvalue weighted by molar-refractivity contribution is 8.00. The van der Waals surface area contributed by atoms with Crippen molar-refractivity contribution in [1.29, 1.82) is 0 Å². The van der Waals surface area contributed by atoms with Gasteiger partial charge in [-0.25, -0.2) is 4.39 Å². The first kappa shape index (κ1) is 30.6. The third kappa shape index (κ3) is 7.87. The fourth-order valence-electron chi connectivity index (χ4n) is 3.96. The first-order chi connectivity index (χ1) is 20.1. The maximum Gasteiger partial charge on any atom is 0.272 e. The maximum atomic E-state index is 14.6. The van der Waals surface area contributed by atoms with Gasteiger partial charge in [-0.05, 0) is 86.5 Å². The summed E-state index contributed by atoms with van der Waals surface area (Å²) in [4.78, 5) is 39.9. The van der Waals surface area contributed by atoms with Crippen LogP contribution in [-0.2, 0) is 9.59 Å². The first-order valence-electron chi connectivity index (χ1n) is 13.1. The summed E-state index contributed by atoms with van der Waals surface area (Å²) in [6.07, 6.45) is 1.20. The van der Waals surface area contributed by atoms with Gasteiger partial charge in [0.05, 0.1) is 10.3 Å². The van der Waals surface area contributed by atoms with Gasteiger partial charge in [0, 0.05) is 27.4 Å². The quantitative estimate of drug-likeness (QED) is 0.136. The van der Waals surface area contributed by atoms with E-state index in [1.165, 1.54) is 36.0 Å². The highest BCUT2D eigenvalue weighted by atomic mass is 35.5. The molecular weight excluding hydrogens is 573 g/mol. The van der Waals surface area contributed by atoms with Gasteiger partial charge in [0.15, 0.2) is 0 Å². The number of thioether (sulfide) groups is 1. The van der Waals surface area contributed by atoms with Crippen LogP contribution in [0.5, 0.6) is 0 Å². The highest BCUT2D eigenvalue weighted by Crippen LogP contribution is 2.28. The predicted molar refractivity (Wildman–Crippen MR) is 168 cm³/mol. The molecule has 0 spiro atoms. The lowest BCUT2D eigenvalue weighted by Crippen LogP contribution is -2.30. The van der Waals surface area contributed by atoms with Crippen molar-refractivity contribution >= 4 is 58.5 Å². The zero-order valence-corrected chi connectivity index (χ0v) is 24.8. The van der Waals surface area contributed by atoms with Crippen LogP contribution in [0.2, 0.25) is 5.02 Å². The van der Waals surface area contributed by atoms with Crippen LogP contribution in [0.15, 0.2) is 102 Å². The number of aryl methyl sites for hydroxylation is 1. The number of halogens is 2. The molecule has 0 saturated heterocycles. The average molecular weight is 602 g/mol. The van der Waals surface area contributed by atoms with Crippen LogP contribution in [0.3, 0.4) is 0 Å². The Labute approximate surface area is 253 Å². The summed E-state index contributed by atoms with van der Waals surface area (Å²) in [5.41, 5.74) is 3.37. The third-order valence-corrected chi connectivity index (χ3v) is 7.88. The number of carbonyl (C=O) groups is 3. The van der Waals surface area contributed by atoms with Gasteiger partial charge in [-0.2, -0.15) is 0 Å². The fraction of sp³-hybridized carbons (Fsp3) is 0.121. The van der Waals surface area contributed by atoms with Gasteiger partial charge in [0.2, 0.25) is 5.91 Å². The molecule has 0 aliphatic carbocycles. The summed E-state index contributed by atoms with van der Waals surface area (Å²) in [6.45, 7) is 5.75. The molecule has 3 amide bonds. The minimum atomic E-state index is -0.679. The number of hydrogen-bond acceptors (Lipinski definition) is 4. The summed E-state index contributed by atoms with van der Waals surface area (Å²) < 4.78 is 14.6. The standard InChI is InChI=1S/C33H29ClFN3O3S/c1-20-10-7-17-29(21(20)2)37-31(39)22(3)42-25-14-8-13-24(18-25)36-33(41)30(19-26-27(34)15-9-16-28(26)35)38-32(40)23-11-5-4-6-12-23/h4-19,22H,1-3H3,(H,36,41)(H,37,39)(H,38,40)/b30-19+. The van der Waals surface area contributed by atoms with E-state index in [0.29, 0.717) is 11.3 Å². The lowest BCUT2D eigenvalue weighted by Gasteiger charge is -2.15. The van der Waals surface area contributed by atoms with Crippen molar-refractivity contribution in [3.05, 3.63) is 130 Å². The summed E-state index contributed by atoms with van der Waals surface area (Å²) >= 11 is 7.52. The van der Waals surface area contributed by atoms with E-state index in [0.717, 1.165) is 21.7 Å². The predicted octanol–water partition coefficient (Wildman–Crippen LogP) is 7.62. The Hall–Kier alpha value is -4.40. The molecule has 1 atom stereocenters. The van der Waals surface area contributed by atoms with Crippen LogP contribution < -0.4 is 16.0 Å². The van der Waals surface area contributed by atoms with Crippen molar-refractivity contribution in [2.75, 3.05) is 10.6 Å². The van der Waals surface area contributed by atoms with Gasteiger partial charge >= 0.3 is 0 Å². The Morgan fingerprint density at radius 1 is 0.881 bits per heavy atom. The fourth-order valence-corrected chi connectivity index (χ4v) is 5.10. The molecule has 9 heteroatoms. The Bertz CT molecular complexity index is 1640. The topological polar surface area (TPSA) is 87.3 Å². The average Bonchev–Trinajstić information content (AvgIpc) is 2.97. The van der Waals surface area contributed by atoms with Crippen LogP contribution in [0.4, 0.5) is 15.8 Å². The van der Waals surface area contributed by atoms with Gasteiger partial charge < -0.3 is 16.0 Å². The Balaban J connectivity index is 1.52. The molecule has 0 aliphatic heterocycles. The lowest BCUT2D eigenvalue weighted by atomic mass is 10.1. The number of amides is 3. The number of nitrogens with one attached hydrogen (secondary N) is 3. The van der Waals surface area contributed by atoms with Crippen LogP contribution in [-0.4, -0.2) is 23.0 Å². The van der Waals surface area contributed by atoms with Crippen molar-refractivity contribution < 1.29 is 18.8 Å². The molecule has 42 heavy (non-hydrogen) atoms. The smallest absolute Gasteiger partial charge is 0.272 e. The molecule has 0 fully saturated rings. The molecule has 0 radical (unpaired) electrons. The molecule has 4 rings (SSSR count). The van der Waals surface area contributed by atoms with Crippen molar-refractivity contribution in [1.82, 2.24) is 5.32 Å². The van der Waals surface area contributed by atoms with Crippen molar-refractivity contribution in [3.8, 4) is 0 Å². The summed E-state index contributed by atoms with van der Waals surface area (Å²) in [5, 5.41) is 7.96. The van der Waals surface area contributed by atoms with Crippen LogP contribution in [0.25, 0.3) is 6.08 Å². The second-order valence-corrected chi connectivity index (χ2v) is 11.3. The Morgan fingerprint density at radius 2 is 1.60 bits per heavy atom. The minimum absolute atomic E-state index is 0.0364. The van der Waals surface area contributed by atoms with E-state index >= 15 is 0 Å². The second kappa shape index (κ2) is 14.0. The second-order valence-electron chi connectivity index (χ2n) is 9.49. The van der Waals surface area contributed by atoms with E-state index in [4.69, 9.17) is 11.6 Å². The molecule has 4 aromatic rings. The molecule has 0 heterocycles. The summed E-state index contributed by atoms with van der Waals surface area (Å²) in [6, 6.07) is 25.2. The van der Waals surface area contributed by atoms with E-state index in [1.54, 1.807) is 55.5 Å².